The number of rotatable bonds is 9. The van der Waals surface area contributed by atoms with Crippen LogP contribution in [0.1, 0.15) is 27.4 Å². The monoisotopic (exact) mass is 480 g/mol. The van der Waals surface area contributed by atoms with Crippen LogP contribution >= 0.6 is 11.6 Å². The smallest absolute Gasteiger partial charge is 0.173 e. The number of aromatic amines is 1. The summed E-state index contributed by atoms with van der Waals surface area (Å²) in [6.45, 7) is 1.33. The Morgan fingerprint density at radius 1 is 0.971 bits per heavy atom. The molecule has 35 heavy (non-hydrogen) atoms. The van der Waals surface area contributed by atoms with Crippen LogP contribution in [-0.2, 0) is 6.42 Å². The summed E-state index contributed by atoms with van der Waals surface area (Å²) in [5.74, 6) is -0.200. The van der Waals surface area contributed by atoms with Crippen molar-refractivity contribution in [2.24, 2.45) is 0 Å². The Morgan fingerprint density at radius 2 is 1.80 bits per heavy atom. The number of hydrogen-bond acceptors (Lipinski definition) is 4. The molecule has 0 spiro atoms. The molecule has 0 saturated carbocycles. The molecular formula is C29H25ClN4O. The fraction of sp³-hybridized carbons (Fsp3) is 0.138. The highest BCUT2D eigenvalue weighted by molar-refractivity contribution is 6.30. The van der Waals surface area contributed by atoms with Crippen molar-refractivity contribution in [3.8, 4) is 11.3 Å². The Kier molecular flexibility index (Phi) is 6.98. The highest BCUT2D eigenvalue weighted by atomic mass is 35.5. The zero-order valence-electron chi connectivity index (χ0n) is 19.1. The molecule has 0 aliphatic carbocycles. The molecule has 0 radical (unpaired) electrons. The molecule has 0 aliphatic rings. The molecule has 174 valence electrons. The summed E-state index contributed by atoms with van der Waals surface area (Å²) in [4.78, 5) is 17.1. The number of carbonyl (C=O) groups excluding carboxylic acids is 1. The van der Waals surface area contributed by atoms with E-state index in [0.717, 1.165) is 45.7 Å². The van der Waals surface area contributed by atoms with Crippen LogP contribution in [0, 0.1) is 0 Å². The van der Waals surface area contributed by atoms with Crippen LogP contribution in [0.4, 0.5) is 0 Å². The van der Waals surface area contributed by atoms with Gasteiger partial charge in [0.05, 0.1) is 11.6 Å². The summed E-state index contributed by atoms with van der Waals surface area (Å²) in [5, 5.41) is 13.3. The van der Waals surface area contributed by atoms with Crippen molar-refractivity contribution in [3.63, 3.8) is 0 Å². The van der Waals surface area contributed by atoms with Crippen LogP contribution in [0.5, 0.6) is 0 Å². The van der Waals surface area contributed by atoms with Crippen LogP contribution < -0.4 is 5.32 Å². The quantitative estimate of drug-likeness (QED) is 0.198. The van der Waals surface area contributed by atoms with E-state index in [9.17, 15) is 4.79 Å². The molecule has 6 heteroatoms. The third-order valence-electron chi connectivity index (χ3n) is 6.19. The Bertz CT molecular complexity index is 1420. The first kappa shape index (κ1) is 23.0. The van der Waals surface area contributed by atoms with Gasteiger partial charge in [-0.3, -0.25) is 4.79 Å². The molecule has 0 aliphatic heterocycles. The number of carbonyl (C=O) groups is 1. The number of ketones is 1. The average molecular weight is 481 g/mol. The van der Waals surface area contributed by atoms with Gasteiger partial charge < -0.3 is 10.3 Å². The van der Waals surface area contributed by atoms with Crippen LogP contribution in [0.25, 0.3) is 22.2 Å². The van der Waals surface area contributed by atoms with E-state index in [1.807, 2.05) is 91.1 Å². The highest BCUT2D eigenvalue weighted by Gasteiger charge is 2.24. The number of nitrogens with one attached hydrogen (secondary N) is 2. The topological polar surface area (TPSA) is 70.7 Å². The molecule has 5 rings (SSSR count). The Hall–Kier alpha value is -3.80. The minimum absolute atomic E-state index is 0.0914. The van der Waals surface area contributed by atoms with Crippen molar-refractivity contribution in [3.05, 3.63) is 119 Å². The van der Waals surface area contributed by atoms with Gasteiger partial charge in [-0.25, -0.2) is 0 Å². The van der Waals surface area contributed by atoms with Gasteiger partial charge in [0.15, 0.2) is 5.78 Å². The van der Waals surface area contributed by atoms with Gasteiger partial charge in [-0.2, -0.15) is 10.2 Å². The number of hydrogen-bond donors (Lipinski definition) is 2. The maximum atomic E-state index is 13.8. The van der Waals surface area contributed by atoms with Crippen molar-refractivity contribution in [2.45, 2.75) is 12.3 Å². The molecule has 2 heterocycles. The van der Waals surface area contributed by atoms with E-state index in [4.69, 9.17) is 11.6 Å². The second kappa shape index (κ2) is 10.6. The minimum Gasteiger partial charge on any atom is -0.360 e. The zero-order chi connectivity index (χ0) is 24.0. The number of nitrogens with zero attached hydrogens (tertiary/aromatic N) is 2. The van der Waals surface area contributed by atoms with Crippen LogP contribution in [0.15, 0.2) is 97.3 Å². The molecule has 0 amide bonds. The van der Waals surface area contributed by atoms with Gasteiger partial charge in [0.1, 0.15) is 0 Å². The van der Waals surface area contributed by atoms with Crippen molar-refractivity contribution in [2.75, 3.05) is 13.1 Å². The third kappa shape index (κ3) is 5.32. The second-order valence-corrected chi connectivity index (χ2v) is 8.92. The molecule has 0 fully saturated rings. The van der Waals surface area contributed by atoms with Crippen LogP contribution in [0.3, 0.4) is 0 Å². The number of fused-ring (bicyclic) bond motifs is 1. The van der Waals surface area contributed by atoms with Gasteiger partial charge in [0, 0.05) is 46.0 Å². The molecule has 1 atom stereocenters. The molecule has 5 aromatic rings. The fourth-order valence-electron chi connectivity index (χ4n) is 4.31. The standard InChI is InChI=1S/C29H25ClN4O/c30-23-11-8-20(9-12-23)14-16-31-18-25(21-5-2-1-3-6-21)29(35)26-19-32-28-17-22(10-13-24(26)28)27-7-4-15-33-34-27/h1-13,15,17,19,25,31-32H,14,16,18H2. The van der Waals surface area contributed by atoms with Crippen molar-refractivity contribution in [1.29, 1.82) is 0 Å². The lowest BCUT2D eigenvalue weighted by Crippen LogP contribution is -2.28. The second-order valence-electron chi connectivity index (χ2n) is 8.48. The Labute approximate surface area is 209 Å². The summed E-state index contributed by atoms with van der Waals surface area (Å²) in [7, 11) is 0. The lowest BCUT2D eigenvalue weighted by molar-refractivity contribution is 0.0960. The molecule has 1 unspecified atom stereocenters. The third-order valence-corrected chi connectivity index (χ3v) is 6.44. The van der Waals surface area contributed by atoms with E-state index < -0.39 is 0 Å². The maximum Gasteiger partial charge on any atom is 0.173 e. The summed E-state index contributed by atoms with van der Waals surface area (Å²) in [6.07, 6.45) is 4.34. The fourth-order valence-corrected chi connectivity index (χ4v) is 4.44. The molecule has 3 aromatic carbocycles. The van der Waals surface area contributed by atoms with E-state index in [-0.39, 0.29) is 11.7 Å². The van der Waals surface area contributed by atoms with Gasteiger partial charge in [-0.15, -0.1) is 0 Å². The van der Waals surface area contributed by atoms with Crippen molar-refractivity contribution in [1.82, 2.24) is 20.5 Å². The number of Topliss-reactive ketones (excluding diaryl/α,β-unsaturated/α-hetero) is 1. The van der Waals surface area contributed by atoms with Crippen LogP contribution in [0.2, 0.25) is 5.02 Å². The van der Waals surface area contributed by atoms with E-state index in [2.05, 4.69) is 20.5 Å². The number of halogens is 1. The first-order chi connectivity index (χ1) is 17.2. The summed E-state index contributed by atoms with van der Waals surface area (Å²) < 4.78 is 0. The average Bonchev–Trinajstić information content (AvgIpc) is 3.34. The van der Waals surface area contributed by atoms with Crippen molar-refractivity contribution < 1.29 is 4.79 Å². The number of aromatic nitrogens is 3. The summed E-state index contributed by atoms with van der Waals surface area (Å²) >= 11 is 5.99. The number of H-pyrrole nitrogens is 1. The summed E-state index contributed by atoms with van der Waals surface area (Å²) in [5.41, 5.74) is 5.55. The minimum atomic E-state index is -0.292. The first-order valence-electron chi connectivity index (χ1n) is 11.6. The zero-order valence-corrected chi connectivity index (χ0v) is 19.9. The van der Waals surface area contributed by atoms with Gasteiger partial charge in [-0.1, -0.05) is 66.2 Å². The SMILES string of the molecule is O=C(c1c[nH]c2cc(-c3cccnn3)ccc12)C(CNCCc1ccc(Cl)cc1)c1ccccc1. The number of benzene rings is 3. The maximum absolute atomic E-state index is 13.8. The first-order valence-corrected chi connectivity index (χ1v) is 12.0. The Balaban J connectivity index is 1.35. The van der Waals surface area contributed by atoms with E-state index in [1.165, 1.54) is 5.56 Å². The lowest BCUT2D eigenvalue weighted by Gasteiger charge is -2.17. The molecule has 2 aromatic heterocycles. The van der Waals surface area contributed by atoms with Gasteiger partial charge in [0.2, 0.25) is 0 Å². The largest absolute Gasteiger partial charge is 0.360 e. The molecule has 0 bridgehead atoms. The predicted molar refractivity (Wildman–Crippen MR) is 141 cm³/mol. The molecule has 2 N–H and O–H groups in total. The van der Waals surface area contributed by atoms with E-state index in [1.54, 1.807) is 6.20 Å². The molecule has 5 nitrogen and oxygen atoms in total. The predicted octanol–water partition coefficient (Wildman–Crippen LogP) is 6.08. The van der Waals surface area contributed by atoms with Crippen molar-refractivity contribution >= 4 is 28.3 Å². The molecule has 0 saturated heterocycles. The normalized spacial score (nSPS) is 12.0. The van der Waals surface area contributed by atoms with E-state index in [0.29, 0.717) is 12.1 Å². The van der Waals surface area contributed by atoms with Crippen LogP contribution in [-0.4, -0.2) is 34.1 Å². The highest BCUT2D eigenvalue weighted by Crippen LogP contribution is 2.28. The van der Waals surface area contributed by atoms with Gasteiger partial charge in [-0.05, 0) is 54.4 Å². The Morgan fingerprint density at radius 3 is 2.57 bits per heavy atom. The lowest BCUT2D eigenvalue weighted by atomic mass is 9.90. The van der Waals surface area contributed by atoms with E-state index >= 15 is 0 Å². The van der Waals surface area contributed by atoms with Gasteiger partial charge >= 0.3 is 0 Å². The van der Waals surface area contributed by atoms with Gasteiger partial charge in [0.25, 0.3) is 0 Å². The summed E-state index contributed by atoms with van der Waals surface area (Å²) in [6, 6.07) is 27.6. The molecular weight excluding hydrogens is 456 g/mol.